The summed E-state index contributed by atoms with van der Waals surface area (Å²) in [6.07, 6.45) is 2.27. The van der Waals surface area contributed by atoms with Crippen LogP contribution >= 0.6 is 11.8 Å². The molecule has 0 aliphatic heterocycles. The molecule has 0 radical (unpaired) electrons. The number of hydrogen-bond donors (Lipinski definition) is 1. The van der Waals surface area contributed by atoms with E-state index in [2.05, 4.69) is 26.7 Å². The zero-order valence-electron chi connectivity index (χ0n) is 16.2. The predicted octanol–water partition coefficient (Wildman–Crippen LogP) is 4.09. The summed E-state index contributed by atoms with van der Waals surface area (Å²) < 4.78 is 42.2. The minimum absolute atomic E-state index is 0.00391. The van der Waals surface area contributed by atoms with E-state index in [1.54, 1.807) is 16.6 Å². The predicted molar refractivity (Wildman–Crippen MR) is 113 cm³/mol. The molecule has 0 aliphatic rings. The van der Waals surface area contributed by atoms with Crippen LogP contribution in [0.2, 0.25) is 0 Å². The van der Waals surface area contributed by atoms with E-state index >= 15 is 0 Å². The van der Waals surface area contributed by atoms with E-state index < -0.39 is 15.8 Å². The summed E-state index contributed by atoms with van der Waals surface area (Å²) in [4.78, 5) is 9.56. The molecule has 0 atom stereocenters. The molecule has 4 aromatic rings. The first-order valence-electron chi connectivity index (χ1n) is 9.13. The maximum atomic E-state index is 13.0. The van der Waals surface area contributed by atoms with Crippen molar-refractivity contribution in [3.63, 3.8) is 0 Å². The Morgan fingerprint density at radius 2 is 1.80 bits per heavy atom. The average molecular weight is 444 g/mol. The quantitative estimate of drug-likeness (QED) is 0.452. The van der Waals surface area contributed by atoms with Gasteiger partial charge < -0.3 is 0 Å². The van der Waals surface area contributed by atoms with Gasteiger partial charge in [0.05, 0.1) is 4.90 Å². The van der Waals surface area contributed by atoms with Crippen molar-refractivity contribution in [1.82, 2.24) is 19.6 Å². The lowest BCUT2D eigenvalue weighted by Crippen LogP contribution is -2.12. The maximum absolute atomic E-state index is 13.0. The Hall–Kier alpha value is -2.98. The number of benzene rings is 2. The van der Waals surface area contributed by atoms with Crippen molar-refractivity contribution in [3.05, 3.63) is 71.9 Å². The third kappa shape index (κ3) is 4.01. The Morgan fingerprint density at radius 1 is 1.10 bits per heavy atom. The molecule has 30 heavy (non-hydrogen) atoms. The van der Waals surface area contributed by atoms with Gasteiger partial charge in [0.1, 0.15) is 17.2 Å². The van der Waals surface area contributed by atoms with Crippen molar-refractivity contribution in [2.24, 2.45) is 0 Å². The molecule has 2 aromatic heterocycles. The molecule has 2 heterocycles. The van der Waals surface area contributed by atoms with Crippen LogP contribution in [0.5, 0.6) is 0 Å². The van der Waals surface area contributed by atoms with Gasteiger partial charge >= 0.3 is 0 Å². The van der Waals surface area contributed by atoms with Crippen LogP contribution in [0.1, 0.15) is 18.2 Å². The summed E-state index contributed by atoms with van der Waals surface area (Å²) in [6.45, 7) is 4.01. The Kier molecular flexibility index (Phi) is 5.44. The van der Waals surface area contributed by atoms with E-state index in [9.17, 15) is 12.8 Å². The number of nitrogens with zero attached hydrogens (tertiary/aromatic N) is 4. The van der Waals surface area contributed by atoms with Crippen LogP contribution in [0.15, 0.2) is 69.7 Å². The number of rotatable bonds is 6. The normalized spacial score (nSPS) is 11.7. The van der Waals surface area contributed by atoms with Gasteiger partial charge in [-0.15, -0.1) is 0 Å². The number of nitrogens with one attached hydrogen (secondary N) is 1. The van der Waals surface area contributed by atoms with E-state index in [-0.39, 0.29) is 4.90 Å². The molecule has 1 N–H and O–H groups in total. The Morgan fingerprint density at radius 3 is 2.47 bits per heavy atom. The number of hydrogen-bond acceptors (Lipinski definition) is 6. The summed E-state index contributed by atoms with van der Waals surface area (Å²) in [5.74, 6) is 0.0468. The summed E-state index contributed by atoms with van der Waals surface area (Å²) in [6, 6.07) is 11.7. The first-order valence-corrected chi connectivity index (χ1v) is 11.4. The fraction of sp³-hybridized carbons (Fsp3) is 0.150. The van der Waals surface area contributed by atoms with Crippen LogP contribution in [0.3, 0.4) is 0 Å². The molecular formula is C20H18FN5O2S2. The van der Waals surface area contributed by atoms with E-state index in [1.807, 2.05) is 19.1 Å². The molecule has 10 heteroatoms. The fourth-order valence-electron chi connectivity index (χ4n) is 3.00. The van der Waals surface area contributed by atoms with Gasteiger partial charge in [-0.2, -0.15) is 14.6 Å². The molecule has 0 aliphatic carbocycles. The molecule has 0 bridgehead atoms. The number of fused-ring (bicyclic) bond motifs is 1. The zero-order chi connectivity index (χ0) is 21.3. The molecule has 2 aromatic carbocycles. The highest BCUT2D eigenvalue weighted by Crippen LogP contribution is 2.32. The van der Waals surface area contributed by atoms with Gasteiger partial charge in [0, 0.05) is 21.8 Å². The van der Waals surface area contributed by atoms with Gasteiger partial charge in [-0.1, -0.05) is 18.7 Å². The zero-order valence-corrected chi connectivity index (χ0v) is 17.8. The second-order valence-corrected chi connectivity index (χ2v) is 9.24. The van der Waals surface area contributed by atoms with Crippen LogP contribution in [0.25, 0.3) is 5.78 Å². The molecule has 0 saturated heterocycles. The lowest BCUT2D eigenvalue weighted by molar-refractivity contribution is 0.599. The van der Waals surface area contributed by atoms with Crippen molar-refractivity contribution in [2.75, 3.05) is 4.72 Å². The van der Waals surface area contributed by atoms with Crippen molar-refractivity contribution in [1.29, 1.82) is 0 Å². The molecule has 0 fully saturated rings. The second kappa shape index (κ2) is 8.04. The lowest BCUT2D eigenvalue weighted by atomic mass is 10.2. The SMILES string of the molecule is CCc1c(C)nc2ncnn2c1Sc1ccc(NS(=O)(=O)c2ccc(F)cc2)cc1. The van der Waals surface area contributed by atoms with E-state index in [0.29, 0.717) is 11.5 Å². The fourth-order valence-corrected chi connectivity index (χ4v) is 5.18. The maximum Gasteiger partial charge on any atom is 0.261 e. The van der Waals surface area contributed by atoms with Gasteiger partial charge in [0.15, 0.2) is 0 Å². The molecule has 154 valence electrons. The summed E-state index contributed by atoms with van der Waals surface area (Å²) >= 11 is 1.51. The Bertz CT molecular complexity index is 1300. The highest BCUT2D eigenvalue weighted by Gasteiger charge is 2.16. The molecule has 4 rings (SSSR count). The molecule has 0 amide bonds. The largest absolute Gasteiger partial charge is 0.280 e. The van der Waals surface area contributed by atoms with Crippen molar-refractivity contribution >= 4 is 33.3 Å². The molecule has 0 saturated carbocycles. The smallest absolute Gasteiger partial charge is 0.261 e. The molecule has 0 unspecified atom stereocenters. The first kappa shape index (κ1) is 20.3. The van der Waals surface area contributed by atoms with Crippen LogP contribution in [-0.2, 0) is 16.4 Å². The second-order valence-electron chi connectivity index (χ2n) is 6.49. The molecular weight excluding hydrogens is 425 g/mol. The minimum atomic E-state index is -3.79. The van der Waals surface area contributed by atoms with Gasteiger partial charge in [-0.3, -0.25) is 4.72 Å². The highest BCUT2D eigenvalue weighted by atomic mass is 32.2. The van der Waals surface area contributed by atoms with Gasteiger partial charge in [0.25, 0.3) is 15.8 Å². The number of aromatic nitrogens is 4. The number of halogens is 1. The summed E-state index contributed by atoms with van der Waals surface area (Å²) in [5, 5.41) is 5.20. The van der Waals surface area contributed by atoms with E-state index in [0.717, 1.165) is 39.7 Å². The van der Waals surface area contributed by atoms with Crippen LogP contribution in [0, 0.1) is 12.7 Å². The summed E-state index contributed by atoms with van der Waals surface area (Å²) in [7, 11) is -3.79. The third-order valence-electron chi connectivity index (χ3n) is 4.48. The standard InChI is InChI=1S/C20H18FN5O2S2/c1-3-18-13(2)24-20-22-12-23-26(20)19(18)29-16-8-6-15(7-9-16)25-30(27,28)17-10-4-14(21)5-11-17/h4-12,25H,3H2,1-2H3. The average Bonchev–Trinajstić information content (AvgIpc) is 3.18. The lowest BCUT2D eigenvalue weighted by Gasteiger charge is -2.12. The van der Waals surface area contributed by atoms with Crippen molar-refractivity contribution in [3.8, 4) is 0 Å². The minimum Gasteiger partial charge on any atom is -0.280 e. The van der Waals surface area contributed by atoms with Crippen molar-refractivity contribution in [2.45, 2.75) is 35.1 Å². The van der Waals surface area contributed by atoms with Crippen molar-refractivity contribution < 1.29 is 12.8 Å². The number of anilines is 1. The topological polar surface area (TPSA) is 89.2 Å². The van der Waals surface area contributed by atoms with Gasteiger partial charge in [-0.05, 0) is 61.9 Å². The van der Waals surface area contributed by atoms with Crippen LogP contribution < -0.4 is 4.72 Å². The molecule has 0 spiro atoms. The number of aryl methyl sites for hydroxylation is 1. The number of sulfonamides is 1. The highest BCUT2D eigenvalue weighted by molar-refractivity contribution is 7.99. The van der Waals surface area contributed by atoms with Crippen LogP contribution in [0.4, 0.5) is 10.1 Å². The van der Waals surface area contributed by atoms with Gasteiger partial charge in [0.2, 0.25) is 0 Å². The Balaban J connectivity index is 1.58. The monoisotopic (exact) mass is 443 g/mol. The summed E-state index contributed by atoms with van der Waals surface area (Å²) in [5.41, 5.74) is 2.40. The van der Waals surface area contributed by atoms with E-state index in [1.165, 1.54) is 30.2 Å². The van der Waals surface area contributed by atoms with Gasteiger partial charge in [-0.25, -0.2) is 17.8 Å². The molecule has 7 nitrogen and oxygen atoms in total. The van der Waals surface area contributed by atoms with E-state index in [4.69, 9.17) is 0 Å². The first-order chi connectivity index (χ1) is 14.4. The Labute approximate surface area is 177 Å². The van der Waals surface area contributed by atoms with Crippen LogP contribution in [-0.4, -0.2) is 28.0 Å². The third-order valence-corrected chi connectivity index (χ3v) is 7.00.